The molecule has 76 valence electrons. The zero-order valence-electron chi connectivity index (χ0n) is 7.37. The van der Waals surface area contributed by atoms with Crippen LogP contribution in [-0.2, 0) is 0 Å². The summed E-state index contributed by atoms with van der Waals surface area (Å²) in [5, 5.41) is 14.0. The molecule has 0 aliphatic heterocycles. The van der Waals surface area contributed by atoms with Crippen molar-refractivity contribution in [2.45, 2.75) is 0 Å². The highest BCUT2D eigenvalue weighted by atomic mass is 35.5. The van der Waals surface area contributed by atoms with Gasteiger partial charge in [-0.1, -0.05) is 11.6 Å². The van der Waals surface area contributed by atoms with E-state index in [1.807, 2.05) is 0 Å². The third-order valence-electron chi connectivity index (χ3n) is 1.54. The molecule has 6 heteroatoms. The molecule has 3 N–H and O–H groups in total. The lowest BCUT2D eigenvalue weighted by atomic mass is 10.3. The molecular weight excluding hydrogens is 206 g/mol. The van der Waals surface area contributed by atoms with Crippen molar-refractivity contribution >= 4 is 17.5 Å². The van der Waals surface area contributed by atoms with E-state index >= 15 is 0 Å². The van der Waals surface area contributed by atoms with Crippen molar-refractivity contribution in [1.82, 2.24) is 5.32 Å². The molecule has 1 aromatic rings. The second-order valence-corrected chi connectivity index (χ2v) is 3.04. The molecule has 0 saturated heterocycles. The molecule has 0 unspecified atom stereocenters. The molecule has 0 aliphatic rings. The maximum atomic E-state index is 11.3. The van der Waals surface area contributed by atoms with Crippen LogP contribution in [0.4, 0.5) is 0 Å². The summed E-state index contributed by atoms with van der Waals surface area (Å²) < 4.78 is 0.425. The van der Waals surface area contributed by atoms with Crippen LogP contribution >= 0.6 is 11.6 Å². The van der Waals surface area contributed by atoms with Gasteiger partial charge in [0.25, 0.3) is 5.69 Å². The number of carbonyl (C=O) groups is 1. The van der Waals surface area contributed by atoms with Gasteiger partial charge in [0.15, 0.2) is 6.20 Å². The number of hydrogen-bond donors (Lipinski definition) is 2. The van der Waals surface area contributed by atoms with Gasteiger partial charge in [0.1, 0.15) is 5.02 Å². The van der Waals surface area contributed by atoms with Gasteiger partial charge in [-0.05, 0) is 6.07 Å². The smallest absolute Gasteiger partial charge is 0.317 e. The molecule has 0 aliphatic carbocycles. The molecule has 1 amide bonds. The minimum Gasteiger partial charge on any atom is -0.618 e. The number of rotatable bonds is 3. The van der Waals surface area contributed by atoms with Crippen LogP contribution in [0.15, 0.2) is 18.3 Å². The Balaban J connectivity index is 2.80. The predicted molar refractivity (Wildman–Crippen MR) is 51.8 cm³/mol. The van der Waals surface area contributed by atoms with Gasteiger partial charge in [0, 0.05) is 19.2 Å². The zero-order chi connectivity index (χ0) is 10.6. The summed E-state index contributed by atoms with van der Waals surface area (Å²) in [6.07, 6.45) is 1.12. The molecule has 0 radical (unpaired) electrons. The van der Waals surface area contributed by atoms with Gasteiger partial charge in [0.2, 0.25) is 0 Å². The number of nitrogens with one attached hydrogen (secondary N) is 1. The summed E-state index contributed by atoms with van der Waals surface area (Å²) in [4.78, 5) is 11.3. The highest BCUT2D eigenvalue weighted by Crippen LogP contribution is 2.04. The summed E-state index contributed by atoms with van der Waals surface area (Å²) in [6.45, 7) is 0.666. The summed E-state index contributed by atoms with van der Waals surface area (Å²) >= 11 is 5.55. The number of amides is 1. The van der Waals surface area contributed by atoms with Crippen LogP contribution in [0.3, 0.4) is 0 Å². The van der Waals surface area contributed by atoms with Gasteiger partial charge in [0.05, 0.1) is 0 Å². The fraction of sp³-hybridized carbons (Fsp3) is 0.250. The Kier molecular flexibility index (Phi) is 3.67. The van der Waals surface area contributed by atoms with E-state index in [0.717, 1.165) is 6.20 Å². The second-order valence-electron chi connectivity index (χ2n) is 2.60. The Bertz CT molecular complexity index is 343. The van der Waals surface area contributed by atoms with Crippen molar-refractivity contribution in [3.63, 3.8) is 0 Å². The number of nitrogens with zero attached hydrogens (tertiary/aromatic N) is 1. The van der Waals surface area contributed by atoms with E-state index in [1.165, 1.54) is 12.1 Å². The van der Waals surface area contributed by atoms with Gasteiger partial charge >= 0.3 is 5.91 Å². The van der Waals surface area contributed by atoms with Crippen molar-refractivity contribution in [3.05, 3.63) is 34.3 Å². The lowest BCUT2D eigenvalue weighted by Crippen LogP contribution is -2.40. The third-order valence-corrected chi connectivity index (χ3v) is 1.76. The Morgan fingerprint density at radius 2 is 2.36 bits per heavy atom. The SMILES string of the molecule is NCCNC(=O)c1ccc(Cl)c[n+]1[O-]. The van der Waals surface area contributed by atoms with Crippen LogP contribution in [0.5, 0.6) is 0 Å². The molecule has 0 fully saturated rings. The van der Waals surface area contributed by atoms with Crippen molar-refractivity contribution in [2.24, 2.45) is 5.73 Å². The Hall–Kier alpha value is -1.33. The molecule has 14 heavy (non-hydrogen) atoms. The van der Waals surface area contributed by atoms with Crippen molar-refractivity contribution in [1.29, 1.82) is 0 Å². The topological polar surface area (TPSA) is 82.1 Å². The van der Waals surface area contributed by atoms with Crippen molar-refractivity contribution in [2.75, 3.05) is 13.1 Å². The van der Waals surface area contributed by atoms with E-state index in [9.17, 15) is 10.0 Å². The van der Waals surface area contributed by atoms with Gasteiger partial charge in [-0.25, -0.2) is 0 Å². The number of hydrogen-bond acceptors (Lipinski definition) is 3. The summed E-state index contributed by atoms with van der Waals surface area (Å²) in [5.41, 5.74) is 5.20. The van der Waals surface area contributed by atoms with Crippen LogP contribution in [0, 0.1) is 5.21 Å². The number of aromatic nitrogens is 1. The Labute approximate surface area is 86.1 Å². The van der Waals surface area contributed by atoms with E-state index < -0.39 is 5.91 Å². The van der Waals surface area contributed by atoms with Gasteiger partial charge in [-0.2, -0.15) is 4.73 Å². The average Bonchev–Trinajstić information content (AvgIpc) is 2.14. The quantitative estimate of drug-likeness (QED) is 0.535. The third kappa shape index (κ3) is 2.58. The van der Waals surface area contributed by atoms with Crippen LogP contribution in [0.1, 0.15) is 10.5 Å². The predicted octanol–water partition coefficient (Wildman–Crippen LogP) is -0.338. The first-order valence-corrected chi connectivity index (χ1v) is 4.40. The van der Waals surface area contributed by atoms with E-state index in [1.54, 1.807) is 0 Å². The molecular formula is C8H10ClN3O2. The zero-order valence-corrected chi connectivity index (χ0v) is 8.12. The summed E-state index contributed by atoms with van der Waals surface area (Å²) in [6, 6.07) is 2.84. The normalized spacial score (nSPS) is 9.86. The molecule has 1 aromatic heterocycles. The van der Waals surface area contributed by atoms with Crippen LogP contribution < -0.4 is 15.8 Å². The first-order valence-electron chi connectivity index (χ1n) is 4.02. The van der Waals surface area contributed by atoms with Gasteiger partial charge in [-0.3, -0.25) is 4.79 Å². The van der Waals surface area contributed by atoms with E-state index in [-0.39, 0.29) is 10.7 Å². The van der Waals surface area contributed by atoms with Crippen LogP contribution in [0.2, 0.25) is 5.02 Å². The average molecular weight is 216 g/mol. The summed E-state index contributed by atoms with van der Waals surface area (Å²) in [5.74, 6) is -0.456. The number of halogens is 1. The molecule has 1 rings (SSSR count). The number of carbonyl (C=O) groups excluding carboxylic acids is 1. The molecule has 1 heterocycles. The highest BCUT2D eigenvalue weighted by Gasteiger charge is 2.14. The van der Waals surface area contributed by atoms with E-state index in [4.69, 9.17) is 17.3 Å². The minimum atomic E-state index is -0.456. The van der Waals surface area contributed by atoms with Crippen molar-refractivity contribution in [3.8, 4) is 0 Å². The maximum absolute atomic E-state index is 11.3. The fourth-order valence-electron chi connectivity index (χ4n) is 0.909. The number of pyridine rings is 1. The van der Waals surface area contributed by atoms with Crippen LogP contribution in [0.25, 0.3) is 0 Å². The standard InChI is InChI=1S/C8H10ClN3O2/c9-6-1-2-7(12(14)5-6)8(13)11-4-3-10/h1-2,5H,3-4,10H2,(H,11,13). The van der Waals surface area contributed by atoms with Gasteiger partial charge < -0.3 is 16.3 Å². The molecule has 0 spiro atoms. The van der Waals surface area contributed by atoms with Crippen molar-refractivity contribution < 1.29 is 9.52 Å². The Morgan fingerprint density at radius 3 is 2.93 bits per heavy atom. The van der Waals surface area contributed by atoms with E-state index in [0.29, 0.717) is 17.8 Å². The molecule has 0 atom stereocenters. The number of nitrogens with two attached hydrogens (primary N) is 1. The molecule has 0 aromatic carbocycles. The van der Waals surface area contributed by atoms with E-state index in [2.05, 4.69) is 5.32 Å². The monoisotopic (exact) mass is 215 g/mol. The molecule has 5 nitrogen and oxygen atoms in total. The highest BCUT2D eigenvalue weighted by molar-refractivity contribution is 6.30. The maximum Gasteiger partial charge on any atom is 0.317 e. The lowest BCUT2D eigenvalue weighted by Gasteiger charge is -2.04. The largest absolute Gasteiger partial charge is 0.618 e. The van der Waals surface area contributed by atoms with Gasteiger partial charge in [-0.15, -0.1) is 0 Å². The van der Waals surface area contributed by atoms with Crippen LogP contribution in [-0.4, -0.2) is 19.0 Å². The molecule has 0 bridgehead atoms. The molecule has 0 saturated carbocycles. The minimum absolute atomic E-state index is 0.00264. The first-order chi connectivity index (χ1) is 6.65. The fourth-order valence-corrected chi connectivity index (χ4v) is 1.06. The second kappa shape index (κ2) is 4.78. The lowest BCUT2D eigenvalue weighted by molar-refractivity contribution is -0.607. The Morgan fingerprint density at radius 1 is 1.64 bits per heavy atom. The first kappa shape index (κ1) is 10.7. The summed E-state index contributed by atoms with van der Waals surface area (Å²) in [7, 11) is 0.